The molecule has 8 nitrogen and oxygen atoms in total. The number of hydrogen-bond donors (Lipinski definition) is 1. The van der Waals surface area contributed by atoms with Crippen LogP contribution in [0.5, 0.6) is 0 Å². The number of aromatic nitrogens is 2. The summed E-state index contributed by atoms with van der Waals surface area (Å²) in [5, 5.41) is 3.18. The van der Waals surface area contributed by atoms with Crippen LogP contribution >= 0.6 is 0 Å². The molecule has 1 amide bonds. The van der Waals surface area contributed by atoms with Crippen molar-refractivity contribution < 1.29 is 17.6 Å². The fourth-order valence-corrected chi connectivity index (χ4v) is 6.36. The number of carbonyl (C=O) groups excluding carboxylic acids is 1. The number of sulfone groups is 1. The first-order chi connectivity index (χ1) is 16.2. The van der Waals surface area contributed by atoms with Crippen LogP contribution in [0.4, 0.5) is 16.0 Å². The maximum atomic E-state index is 14.7. The number of benzene rings is 1. The summed E-state index contributed by atoms with van der Waals surface area (Å²) in [6, 6.07) is 5.88. The van der Waals surface area contributed by atoms with E-state index in [0.717, 1.165) is 24.7 Å². The Labute approximate surface area is 199 Å². The molecular weight excluding hydrogens is 457 g/mol. The molecule has 3 fully saturated rings. The van der Waals surface area contributed by atoms with Crippen molar-refractivity contribution in [2.45, 2.75) is 49.6 Å². The highest BCUT2D eigenvalue weighted by Gasteiger charge is 2.40. The van der Waals surface area contributed by atoms with Gasteiger partial charge >= 0.3 is 0 Å². The van der Waals surface area contributed by atoms with E-state index in [1.165, 1.54) is 31.4 Å². The van der Waals surface area contributed by atoms with Crippen molar-refractivity contribution in [3.05, 3.63) is 42.0 Å². The molecule has 1 aliphatic heterocycles. The van der Waals surface area contributed by atoms with E-state index in [-0.39, 0.29) is 22.9 Å². The van der Waals surface area contributed by atoms with Crippen LogP contribution < -0.4 is 15.1 Å². The second-order valence-corrected chi connectivity index (χ2v) is 11.9. The molecule has 4 atom stereocenters. The molecule has 2 bridgehead atoms. The summed E-state index contributed by atoms with van der Waals surface area (Å²) in [6.07, 6.45) is 7.44. The first-order valence-corrected chi connectivity index (χ1v) is 13.7. The number of nitrogens with one attached hydrogen (secondary N) is 1. The van der Waals surface area contributed by atoms with Crippen molar-refractivity contribution >= 4 is 27.4 Å². The van der Waals surface area contributed by atoms with E-state index < -0.39 is 15.7 Å². The van der Waals surface area contributed by atoms with Gasteiger partial charge in [0.05, 0.1) is 10.6 Å². The van der Waals surface area contributed by atoms with Crippen LogP contribution in [0, 0.1) is 17.7 Å². The summed E-state index contributed by atoms with van der Waals surface area (Å²) < 4.78 is 38.1. The van der Waals surface area contributed by atoms with Crippen LogP contribution in [0.2, 0.25) is 0 Å². The molecule has 3 aliphatic rings. The van der Waals surface area contributed by atoms with E-state index in [0.29, 0.717) is 42.9 Å². The molecule has 0 radical (unpaired) electrons. The van der Waals surface area contributed by atoms with Crippen molar-refractivity contribution in [1.29, 1.82) is 0 Å². The number of anilines is 2. The van der Waals surface area contributed by atoms with Gasteiger partial charge in [0.1, 0.15) is 11.5 Å². The third-order valence-corrected chi connectivity index (χ3v) is 8.61. The van der Waals surface area contributed by atoms with Gasteiger partial charge in [0, 0.05) is 44.2 Å². The fraction of sp³-hybridized carbons (Fsp3) is 0.542. The lowest BCUT2D eigenvalue weighted by atomic mass is 9.95. The van der Waals surface area contributed by atoms with E-state index in [2.05, 4.69) is 15.3 Å². The fourth-order valence-electron chi connectivity index (χ4n) is 5.73. The minimum absolute atomic E-state index is 0.0330. The molecule has 1 aromatic heterocycles. The largest absolute Gasteiger partial charge is 0.365 e. The van der Waals surface area contributed by atoms with Crippen LogP contribution in [0.1, 0.15) is 43.1 Å². The third-order valence-electron chi connectivity index (χ3n) is 7.50. The Balaban J connectivity index is 1.26. The minimum Gasteiger partial charge on any atom is -0.365 e. The van der Waals surface area contributed by atoms with E-state index in [9.17, 15) is 17.6 Å². The van der Waals surface area contributed by atoms with Crippen LogP contribution in [0.25, 0.3) is 0 Å². The predicted molar refractivity (Wildman–Crippen MR) is 127 cm³/mol. The minimum atomic E-state index is -3.47. The average molecular weight is 488 g/mol. The smallest absolute Gasteiger partial charge is 0.270 e. The quantitative estimate of drug-likeness (QED) is 0.693. The predicted octanol–water partition coefficient (Wildman–Crippen LogP) is 2.65. The van der Waals surface area contributed by atoms with E-state index in [1.54, 1.807) is 12.3 Å². The monoisotopic (exact) mass is 487 g/mol. The van der Waals surface area contributed by atoms with Crippen molar-refractivity contribution in [1.82, 2.24) is 15.3 Å². The van der Waals surface area contributed by atoms with Gasteiger partial charge in [-0.15, -0.1) is 0 Å². The molecule has 0 spiro atoms. The van der Waals surface area contributed by atoms with Crippen LogP contribution in [-0.4, -0.2) is 62.3 Å². The molecule has 3 unspecified atom stereocenters. The molecule has 34 heavy (non-hydrogen) atoms. The first-order valence-electron chi connectivity index (χ1n) is 11.8. The summed E-state index contributed by atoms with van der Waals surface area (Å²) in [7, 11) is -3.47. The molecule has 2 heterocycles. The summed E-state index contributed by atoms with van der Waals surface area (Å²) >= 11 is 0. The number of fused-ring (bicyclic) bond motifs is 2. The Morgan fingerprint density at radius 3 is 2.65 bits per heavy atom. The van der Waals surface area contributed by atoms with Crippen LogP contribution in [0.15, 0.2) is 35.4 Å². The lowest BCUT2D eigenvalue weighted by molar-refractivity contribution is 0.0917. The molecule has 5 rings (SSSR count). The van der Waals surface area contributed by atoms with Gasteiger partial charge in [-0.3, -0.25) is 4.79 Å². The highest BCUT2D eigenvalue weighted by molar-refractivity contribution is 7.90. The average Bonchev–Trinajstić information content (AvgIpc) is 3.42. The summed E-state index contributed by atoms with van der Waals surface area (Å²) in [6.45, 7) is 3.58. The van der Waals surface area contributed by atoms with Gasteiger partial charge in [-0.1, -0.05) is 6.42 Å². The summed E-state index contributed by atoms with van der Waals surface area (Å²) in [4.78, 5) is 25.7. The lowest BCUT2D eigenvalue weighted by Gasteiger charge is -2.41. The zero-order valence-corrected chi connectivity index (χ0v) is 20.3. The second kappa shape index (κ2) is 8.79. The second-order valence-electron chi connectivity index (χ2n) is 9.87. The van der Waals surface area contributed by atoms with Crippen molar-refractivity contribution in [2.24, 2.45) is 11.8 Å². The maximum absolute atomic E-state index is 14.7. The number of nitrogens with zero attached hydrogens (tertiary/aromatic N) is 4. The SMILES string of the molecule is C[C@@H]1CN(c2ccc(S(C)(=O)=O)cc2F)CCN1c1nccc(C(=O)NC2CC3CCC2C3)n1. The molecule has 182 valence electrons. The molecule has 1 saturated heterocycles. The first kappa shape index (κ1) is 23.0. The Bertz CT molecular complexity index is 1210. The normalized spacial score (nSPS) is 26.7. The third kappa shape index (κ3) is 4.47. The number of carbonyl (C=O) groups is 1. The summed E-state index contributed by atoms with van der Waals surface area (Å²) in [5.41, 5.74) is 0.739. The Morgan fingerprint density at radius 1 is 1.18 bits per heavy atom. The zero-order chi connectivity index (χ0) is 24.0. The number of rotatable bonds is 5. The highest BCUT2D eigenvalue weighted by atomic mass is 32.2. The number of halogens is 1. The Morgan fingerprint density at radius 2 is 2.00 bits per heavy atom. The van der Waals surface area contributed by atoms with Crippen molar-refractivity contribution in [3.8, 4) is 0 Å². The lowest BCUT2D eigenvalue weighted by Crippen LogP contribution is -2.53. The Kier molecular flexibility index (Phi) is 5.95. The number of amides is 1. The molecule has 10 heteroatoms. The molecular formula is C24H30FN5O3S. The number of piperazine rings is 1. The van der Waals surface area contributed by atoms with Crippen molar-refractivity contribution in [2.75, 3.05) is 35.7 Å². The van der Waals surface area contributed by atoms with Crippen molar-refractivity contribution in [3.63, 3.8) is 0 Å². The van der Waals surface area contributed by atoms with Gasteiger partial charge in [-0.2, -0.15) is 0 Å². The van der Waals surface area contributed by atoms with Crippen LogP contribution in [-0.2, 0) is 9.84 Å². The van der Waals surface area contributed by atoms with E-state index in [4.69, 9.17) is 0 Å². The van der Waals surface area contributed by atoms with Gasteiger partial charge in [-0.05, 0) is 62.3 Å². The topological polar surface area (TPSA) is 95.5 Å². The molecule has 2 aliphatic carbocycles. The Hall–Kier alpha value is -2.75. The van der Waals surface area contributed by atoms with E-state index >= 15 is 0 Å². The van der Waals surface area contributed by atoms with Gasteiger partial charge < -0.3 is 15.1 Å². The number of hydrogen-bond acceptors (Lipinski definition) is 7. The van der Waals surface area contributed by atoms with Crippen LogP contribution in [0.3, 0.4) is 0 Å². The molecule has 1 N–H and O–H groups in total. The van der Waals surface area contributed by atoms with Gasteiger partial charge in [-0.25, -0.2) is 22.8 Å². The maximum Gasteiger partial charge on any atom is 0.270 e. The van der Waals surface area contributed by atoms with Gasteiger partial charge in [0.15, 0.2) is 9.84 Å². The molecule has 1 aromatic carbocycles. The molecule has 2 saturated carbocycles. The zero-order valence-electron chi connectivity index (χ0n) is 19.4. The van der Waals surface area contributed by atoms with Gasteiger partial charge in [0.25, 0.3) is 5.91 Å². The van der Waals surface area contributed by atoms with Gasteiger partial charge in [0.2, 0.25) is 5.95 Å². The van der Waals surface area contributed by atoms with E-state index in [1.807, 2.05) is 16.7 Å². The highest BCUT2D eigenvalue weighted by Crippen LogP contribution is 2.44. The molecule has 2 aromatic rings. The standard InChI is InChI=1S/C24H30FN5O3S/c1-15-14-29(22-6-5-18(13-19(22)25)34(2,32)33)9-10-30(15)24-26-8-7-20(28-24)23(31)27-21-12-16-3-4-17(21)11-16/h5-8,13,15-17,21H,3-4,9-12,14H2,1-2H3,(H,27,31)/t15-,16?,17?,21?/m1/s1. The summed E-state index contributed by atoms with van der Waals surface area (Å²) in [5.74, 6) is 1.12.